The van der Waals surface area contributed by atoms with E-state index in [1.807, 2.05) is 18.9 Å². The molecular formula is C17H25FN2O2. The average molecular weight is 308 g/mol. The fourth-order valence-electron chi connectivity index (χ4n) is 2.58. The molecule has 1 amide bonds. The van der Waals surface area contributed by atoms with Gasteiger partial charge in [0, 0.05) is 20.1 Å². The standard InChI is InChI=1S/C17H25FN2O2/c1-12(19(2)11-16(21)14-7-8-14)17(22)20(3)10-13-5-4-6-15(18)9-13/h4-6,9,12,14,16,21H,7-8,10-11H2,1-3H3. The highest BCUT2D eigenvalue weighted by Gasteiger charge is 2.32. The average Bonchev–Trinajstić information content (AvgIpc) is 3.30. The number of aliphatic hydroxyl groups excluding tert-OH is 1. The Bertz CT molecular complexity index is 519. The first-order valence-corrected chi connectivity index (χ1v) is 7.76. The lowest BCUT2D eigenvalue weighted by Crippen LogP contribution is -2.46. The highest BCUT2D eigenvalue weighted by Crippen LogP contribution is 2.32. The van der Waals surface area contributed by atoms with Crippen molar-refractivity contribution in [3.8, 4) is 0 Å². The fraction of sp³-hybridized carbons (Fsp3) is 0.588. The summed E-state index contributed by atoms with van der Waals surface area (Å²) >= 11 is 0. The Hall–Kier alpha value is -1.46. The highest BCUT2D eigenvalue weighted by atomic mass is 19.1. The zero-order chi connectivity index (χ0) is 16.3. The third-order valence-corrected chi connectivity index (χ3v) is 4.34. The molecule has 1 aromatic rings. The molecule has 1 N–H and O–H groups in total. The molecule has 122 valence electrons. The maximum atomic E-state index is 13.2. The molecule has 22 heavy (non-hydrogen) atoms. The highest BCUT2D eigenvalue weighted by molar-refractivity contribution is 5.81. The quantitative estimate of drug-likeness (QED) is 0.836. The van der Waals surface area contributed by atoms with Gasteiger partial charge in [-0.05, 0) is 50.4 Å². The Morgan fingerprint density at radius 1 is 1.41 bits per heavy atom. The summed E-state index contributed by atoms with van der Waals surface area (Å²) in [7, 11) is 3.57. The molecule has 1 saturated carbocycles. The Labute approximate surface area is 131 Å². The summed E-state index contributed by atoms with van der Waals surface area (Å²) in [5.74, 6) is 0.0700. The van der Waals surface area contributed by atoms with Crippen LogP contribution in [0.3, 0.4) is 0 Å². The zero-order valence-electron chi connectivity index (χ0n) is 13.5. The fourth-order valence-corrected chi connectivity index (χ4v) is 2.58. The van der Waals surface area contributed by atoms with Crippen molar-refractivity contribution in [2.45, 2.75) is 38.5 Å². The number of nitrogens with zero attached hydrogens (tertiary/aromatic N) is 2. The second-order valence-corrected chi connectivity index (χ2v) is 6.34. The van der Waals surface area contributed by atoms with Gasteiger partial charge >= 0.3 is 0 Å². The summed E-state index contributed by atoms with van der Waals surface area (Å²) in [6.07, 6.45) is 1.81. The van der Waals surface area contributed by atoms with E-state index in [0.29, 0.717) is 19.0 Å². The summed E-state index contributed by atoms with van der Waals surface area (Å²) in [6, 6.07) is 5.96. The second kappa shape index (κ2) is 7.20. The summed E-state index contributed by atoms with van der Waals surface area (Å²) in [4.78, 5) is 15.9. The number of carbonyl (C=O) groups is 1. The topological polar surface area (TPSA) is 43.8 Å². The molecule has 2 unspecified atom stereocenters. The third-order valence-electron chi connectivity index (χ3n) is 4.34. The lowest BCUT2D eigenvalue weighted by molar-refractivity contribution is -0.135. The van der Waals surface area contributed by atoms with E-state index < -0.39 is 0 Å². The number of aliphatic hydroxyl groups is 1. The number of hydrogen-bond acceptors (Lipinski definition) is 3. The molecule has 2 atom stereocenters. The first kappa shape index (κ1) is 16.9. The number of amides is 1. The molecule has 0 aromatic heterocycles. The first-order valence-electron chi connectivity index (χ1n) is 7.76. The minimum absolute atomic E-state index is 0.0326. The van der Waals surface area contributed by atoms with Gasteiger partial charge in [0.05, 0.1) is 12.1 Å². The van der Waals surface area contributed by atoms with Crippen molar-refractivity contribution in [1.29, 1.82) is 0 Å². The summed E-state index contributed by atoms with van der Waals surface area (Å²) in [6.45, 7) is 2.72. The monoisotopic (exact) mass is 308 g/mol. The van der Waals surface area contributed by atoms with E-state index >= 15 is 0 Å². The van der Waals surface area contributed by atoms with E-state index in [-0.39, 0.29) is 23.9 Å². The summed E-state index contributed by atoms with van der Waals surface area (Å²) < 4.78 is 13.2. The Morgan fingerprint density at radius 3 is 2.68 bits per heavy atom. The number of carbonyl (C=O) groups excluding carboxylic acids is 1. The molecule has 5 heteroatoms. The van der Waals surface area contributed by atoms with E-state index in [9.17, 15) is 14.3 Å². The van der Waals surface area contributed by atoms with Gasteiger partial charge in [0.2, 0.25) is 5.91 Å². The van der Waals surface area contributed by atoms with Gasteiger partial charge in [-0.1, -0.05) is 12.1 Å². The van der Waals surface area contributed by atoms with Gasteiger partial charge < -0.3 is 10.0 Å². The van der Waals surface area contributed by atoms with Crippen LogP contribution in [-0.4, -0.2) is 53.6 Å². The van der Waals surface area contributed by atoms with Crippen LogP contribution in [0.1, 0.15) is 25.3 Å². The van der Waals surface area contributed by atoms with Gasteiger partial charge in [-0.25, -0.2) is 4.39 Å². The SMILES string of the molecule is CC(C(=O)N(C)Cc1cccc(F)c1)N(C)CC(O)C1CC1. The molecule has 1 aromatic carbocycles. The molecule has 1 fully saturated rings. The van der Waals surface area contributed by atoms with Crippen LogP contribution < -0.4 is 0 Å². The van der Waals surface area contributed by atoms with Crippen molar-refractivity contribution in [2.75, 3.05) is 20.6 Å². The van der Waals surface area contributed by atoms with Gasteiger partial charge in [-0.3, -0.25) is 9.69 Å². The number of likely N-dealkylation sites (N-methyl/N-ethyl adjacent to an activating group) is 2. The van der Waals surface area contributed by atoms with E-state index in [1.54, 1.807) is 24.1 Å². The van der Waals surface area contributed by atoms with Gasteiger partial charge in [0.1, 0.15) is 5.82 Å². The van der Waals surface area contributed by atoms with Gasteiger partial charge in [-0.15, -0.1) is 0 Å². The van der Waals surface area contributed by atoms with Gasteiger partial charge in [0.15, 0.2) is 0 Å². The van der Waals surface area contributed by atoms with Crippen molar-refractivity contribution in [3.05, 3.63) is 35.6 Å². The molecule has 0 aliphatic heterocycles. The Kier molecular flexibility index (Phi) is 5.53. The van der Waals surface area contributed by atoms with Crippen LogP contribution in [0.4, 0.5) is 4.39 Å². The molecule has 1 aliphatic carbocycles. The van der Waals surface area contributed by atoms with Crippen LogP contribution in [0.25, 0.3) is 0 Å². The maximum absolute atomic E-state index is 13.2. The lowest BCUT2D eigenvalue weighted by atomic mass is 10.1. The minimum Gasteiger partial charge on any atom is -0.392 e. The van der Waals surface area contributed by atoms with Crippen LogP contribution >= 0.6 is 0 Å². The van der Waals surface area contributed by atoms with Crippen molar-refractivity contribution < 1.29 is 14.3 Å². The minimum atomic E-state index is -0.353. The first-order chi connectivity index (χ1) is 10.4. The van der Waals surface area contributed by atoms with Crippen LogP contribution in [-0.2, 0) is 11.3 Å². The molecular weight excluding hydrogens is 283 g/mol. The predicted octanol–water partition coefficient (Wildman–Crippen LogP) is 1.88. The van der Waals surface area contributed by atoms with Gasteiger partial charge in [0.25, 0.3) is 0 Å². The molecule has 4 nitrogen and oxygen atoms in total. The molecule has 0 saturated heterocycles. The van der Waals surface area contributed by atoms with Crippen LogP contribution in [0.5, 0.6) is 0 Å². The predicted molar refractivity (Wildman–Crippen MR) is 83.7 cm³/mol. The van der Waals surface area contributed by atoms with Crippen LogP contribution in [0.2, 0.25) is 0 Å². The summed E-state index contributed by atoms with van der Waals surface area (Å²) in [5, 5.41) is 9.99. The molecule has 0 bridgehead atoms. The van der Waals surface area contributed by atoms with Crippen LogP contribution in [0.15, 0.2) is 24.3 Å². The number of benzene rings is 1. The van der Waals surface area contributed by atoms with E-state index in [0.717, 1.165) is 18.4 Å². The van der Waals surface area contributed by atoms with Crippen molar-refractivity contribution in [2.24, 2.45) is 5.92 Å². The van der Waals surface area contributed by atoms with E-state index in [1.165, 1.54) is 12.1 Å². The number of halogens is 1. The second-order valence-electron chi connectivity index (χ2n) is 6.34. The molecule has 0 heterocycles. The van der Waals surface area contributed by atoms with Crippen molar-refractivity contribution in [3.63, 3.8) is 0 Å². The third kappa shape index (κ3) is 4.52. The number of rotatable bonds is 7. The maximum Gasteiger partial charge on any atom is 0.239 e. The van der Waals surface area contributed by atoms with Crippen molar-refractivity contribution >= 4 is 5.91 Å². The molecule has 2 rings (SSSR count). The Balaban J connectivity index is 1.88. The van der Waals surface area contributed by atoms with Crippen LogP contribution in [0, 0.1) is 11.7 Å². The van der Waals surface area contributed by atoms with E-state index in [2.05, 4.69) is 0 Å². The number of hydrogen-bond donors (Lipinski definition) is 1. The largest absolute Gasteiger partial charge is 0.392 e. The molecule has 0 spiro atoms. The smallest absolute Gasteiger partial charge is 0.239 e. The van der Waals surface area contributed by atoms with E-state index in [4.69, 9.17) is 0 Å². The Morgan fingerprint density at radius 2 is 2.09 bits per heavy atom. The van der Waals surface area contributed by atoms with Gasteiger partial charge in [-0.2, -0.15) is 0 Å². The zero-order valence-corrected chi connectivity index (χ0v) is 13.5. The van der Waals surface area contributed by atoms with Crippen molar-refractivity contribution in [1.82, 2.24) is 9.80 Å². The normalized spacial score (nSPS) is 17.4. The molecule has 0 radical (unpaired) electrons. The lowest BCUT2D eigenvalue weighted by Gasteiger charge is -2.29. The molecule has 1 aliphatic rings. The summed E-state index contributed by atoms with van der Waals surface area (Å²) in [5.41, 5.74) is 0.767.